The predicted molar refractivity (Wildman–Crippen MR) is 142 cm³/mol. The van der Waals surface area contributed by atoms with Crippen molar-refractivity contribution in [3.63, 3.8) is 0 Å². The first-order valence-corrected chi connectivity index (χ1v) is 11.8. The van der Waals surface area contributed by atoms with E-state index in [1.165, 1.54) is 39.5 Å². The molecule has 32 heavy (non-hydrogen) atoms. The van der Waals surface area contributed by atoms with E-state index in [0.717, 1.165) is 12.8 Å². The fraction of sp³-hybridized carbons (Fsp3) is 0.300. The monoisotopic (exact) mass is 427 g/mol. The topological polar surface area (TPSA) is 6.25 Å². The summed E-state index contributed by atoms with van der Waals surface area (Å²) in [4.78, 5) is 2.28. The number of nitrogens with zero attached hydrogens (tertiary/aromatic N) is 2. The number of likely N-dealkylation sites (N-methyl/N-ethyl adjacent to an activating group) is 1. The van der Waals surface area contributed by atoms with Crippen molar-refractivity contribution in [3.8, 4) is 0 Å². The second-order valence-corrected chi connectivity index (χ2v) is 7.51. The molecule has 2 aromatic rings. The minimum Gasteiger partial charge on any atom is -0.348 e. The summed E-state index contributed by atoms with van der Waals surface area (Å²) in [5.74, 6) is 0. The highest BCUT2D eigenvalue weighted by Crippen LogP contribution is 2.32. The van der Waals surface area contributed by atoms with Crippen LogP contribution in [-0.2, 0) is 12.8 Å². The summed E-state index contributed by atoms with van der Waals surface area (Å²) in [5, 5.41) is 0. The van der Waals surface area contributed by atoms with Crippen LogP contribution in [0.2, 0.25) is 0 Å². The van der Waals surface area contributed by atoms with Crippen LogP contribution in [0.15, 0.2) is 96.3 Å². The number of para-hydroxylation sites is 2. The van der Waals surface area contributed by atoms with Gasteiger partial charge in [-0.2, -0.15) is 4.58 Å². The Kier molecular flexibility index (Phi) is 9.94. The van der Waals surface area contributed by atoms with Crippen LogP contribution in [0.5, 0.6) is 0 Å². The molecule has 0 amide bonds. The van der Waals surface area contributed by atoms with Gasteiger partial charge in [0.15, 0.2) is 5.71 Å². The Hall–Kier alpha value is -3.13. The quantitative estimate of drug-likeness (QED) is 0.359. The van der Waals surface area contributed by atoms with E-state index in [1.54, 1.807) is 0 Å². The summed E-state index contributed by atoms with van der Waals surface area (Å²) in [7, 11) is 4.29. The van der Waals surface area contributed by atoms with Gasteiger partial charge in [-0.25, -0.2) is 0 Å². The minimum absolute atomic E-state index is 1.00. The second-order valence-electron chi connectivity index (χ2n) is 7.51. The minimum atomic E-state index is 1.00. The lowest BCUT2D eigenvalue weighted by Crippen LogP contribution is -2.10. The molecule has 0 radical (unpaired) electrons. The lowest BCUT2D eigenvalue weighted by molar-refractivity contribution is -0.400. The first-order valence-electron chi connectivity index (χ1n) is 11.8. The predicted octanol–water partition coefficient (Wildman–Crippen LogP) is 7.65. The number of fused-ring (bicyclic) bond motifs is 2. The van der Waals surface area contributed by atoms with Crippen LogP contribution in [-0.4, -0.2) is 24.4 Å². The first-order chi connectivity index (χ1) is 15.6. The molecule has 2 heteroatoms. The summed E-state index contributed by atoms with van der Waals surface area (Å²) >= 11 is 0. The zero-order valence-electron chi connectivity index (χ0n) is 20.9. The Morgan fingerprint density at radius 2 is 1.53 bits per heavy atom. The molecule has 2 nitrogen and oxygen atoms in total. The van der Waals surface area contributed by atoms with Gasteiger partial charge in [-0.05, 0) is 24.6 Å². The highest BCUT2D eigenvalue weighted by molar-refractivity contribution is 5.96. The average Bonchev–Trinajstić information content (AvgIpc) is 3.33. The van der Waals surface area contributed by atoms with E-state index in [0.29, 0.717) is 0 Å². The van der Waals surface area contributed by atoms with E-state index in [9.17, 15) is 0 Å². The van der Waals surface area contributed by atoms with Gasteiger partial charge in [0.25, 0.3) is 0 Å². The average molecular weight is 428 g/mol. The summed E-state index contributed by atoms with van der Waals surface area (Å²) < 4.78 is 2.28. The van der Waals surface area contributed by atoms with Gasteiger partial charge in [0.1, 0.15) is 7.05 Å². The fourth-order valence-corrected chi connectivity index (χ4v) is 3.93. The van der Waals surface area contributed by atoms with E-state index >= 15 is 0 Å². The maximum absolute atomic E-state index is 2.28. The van der Waals surface area contributed by atoms with Crippen LogP contribution >= 0.6 is 0 Å². The standard InChI is InChI=1S/C26H27N2.2C2H6/c1-20(10-8-14-23-18-21-12-4-6-16-25(21)27(23)2)11-9-15-24-19-22-13-5-7-17-26(22)28(24)3;2*1-2/h4-17H,18-19H2,1-3H3;2*1-2H3/q+1;;. The normalized spacial score (nSPS) is 16.2. The molecule has 0 unspecified atom stereocenters. The number of anilines is 1. The lowest BCUT2D eigenvalue weighted by atomic mass is 10.1. The molecular weight excluding hydrogens is 388 g/mol. The third-order valence-corrected chi connectivity index (χ3v) is 5.61. The zero-order chi connectivity index (χ0) is 23.5. The maximum atomic E-state index is 2.28. The van der Waals surface area contributed by atoms with E-state index < -0.39 is 0 Å². The number of allylic oxidation sites excluding steroid dienone is 8. The van der Waals surface area contributed by atoms with Crippen LogP contribution in [0.1, 0.15) is 45.7 Å². The van der Waals surface area contributed by atoms with Crippen molar-refractivity contribution in [2.45, 2.75) is 47.5 Å². The van der Waals surface area contributed by atoms with Crippen LogP contribution < -0.4 is 4.90 Å². The third-order valence-electron chi connectivity index (χ3n) is 5.61. The summed E-state index contributed by atoms with van der Waals surface area (Å²) in [5.41, 5.74) is 9.35. The highest BCUT2D eigenvalue weighted by Gasteiger charge is 2.23. The molecule has 0 N–H and O–H groups in total. The Morgan fingerprint density at radius 3 is 2.22 bits per heavy atom. The van der Waals surface area contributed by atoms with Gasteiger partial charge in [0.2, 0.25) is 5.69 Å². The van der Waals surface area contributed by atoms with Crippen LogP contribution in [0.4, 0.5) is 11.4 Å². The molecule has 0 saturated heterocycles. The van der Waals surface area contributed by atoms with Gasteiger partial charge in [0.05, 0.1) is 6.42 Å². The van der Waals surface area contributed by atoms with Crippen molar-refractivity contribution >= 4 is 17.1 Å². The molecule has 0 spiro atoms. The molecule has 4 rings (SSSR count). The molecule has 168 valence electrons. The van der Waals surface area contributed by atoms with E-state index in [4.69, 9.17) is 0 Å². The van der Waals surface area contributed by atoms with E-state index in [1.807, 2.05) is 27.7 Å². The van der Waals surface area contributed by atoms with E-state index in [-0.39, 0.29) is 0 Å². The molecule has 0 atom stereocenters. The Balaban J connectivity index is 0.000000860. The molecule has 0 aromatic heterocycles. The molecule has 0 bridgehead atoms. The molecule has 0 fully saturated rings. The number of hydrogen-bond donors (Lipinski definition) is 0. The van der Waals surface area contributed by atoms with Crippen LogP contribution in [0, 0.1) is 0 Å². The van der Waals surface area contributed by atoms with Gasteiger partial charge < -0.3 is 4.90 Å². The number of rotatable bonds is 4. The molecule has 0 saturated carbocycles. The van der Waals surface area contributed by atoms with Crippen molar-refractivity contribution in [1.82, 2.24) is 0 Å². The number of hydrogen-bond acceptors (Lipinski definition) is 1. The Bertz CT molecular complexity index is 1050. The molecule has 2 aliphatic rings. The lowest BCUT2D eigenvalue weighted by Gasteiger charge is -2.13. The fourth-order valence-electron chi connectivity index (χ4n) is 3.93. The van der Waals surface area contributed by atoms with Crippen molar-refractivity contribution in [3.05, 3.63) is 107 Å². The number of benzene rings is 2. The zero-order valence-corrected chi connectivity index (χ0v) is 20.9. The third kappa shape index (κ3) is 5.97. The molecule has 2 aromatic carbocycles. The Labute approximate surface area is 195 Å². The van der Waals surface area contributed by atoms with Crippen LogP contribution in [0.3, 0.4) is 0 Å². The van der Waals surface area contributed by atoms with Gasteiger partial charge >= 0.3 is 0 Å². The maximum Gasteiger partial charge on any atom is 0.208 e. The molecule has 2 aliphatic heterocycles. The largest absolute Gasteiger partial charge is 0.348 e. The second kappa shape index (κ2) is 12.7. The van der Waals surface area contributed by atoms with Crippen molar-refractivity contribution in [2.24, 2.45) is 0 Å². The van der Waals surface area contributed by atoms with E-state index in [2.05, 4.69) is 115 Å². The summed E-state index contributed by atoms with van der Waals surface area (Å²) in [6, 6.07) is 17.2. The first kappa shape index (κ1) is 25.1. The molecule has 2 heterocycles. The van der Waals surface area contributed by atoms with Gasteiger partial charge in [0, 0.05) is 42.6 Å². The van der Waals surface area contributed by atoms with Crippen LogP contribution in [0.25, 0.3) is 0 Å². The van der Waals surface area contributed by atoms with Crippen molar-refractivity contribution < 1.29 is 4.58 Å². The molecule has 0 aliphatic carbocycles. The van der Waals surface area contributed by atoms with Crippen molar-refractivity contribution in [2.75, 3.05) is 19.0 Å². The van der Waals surface area contributed by atoms with Gasteiger partial charge in [-0.3, -0.25) is 0 Å². The highest BCUT2D eigenvalue weighted by atomic mass is 15.1. The Morgan fingerprint density at radius 1 is 0.875 bits per heavy atom. The SMILES string of the molecule is CC.CC.CC(C=CC=C1Cc2ccccc2N1C)=CC=CC1=[N+](C)c2ccccc2C1. The molecular formula is C30H39N2+. The summed E-state index contributed by atoms with van der Waals surface area (Å²) in [6.07, 6.45) is 15.1. The van der Waals surface area contributed by atoms with Gasteiger partial charge in [-0.15, -0.1) is 0 Å². The summed E-state index contributed by atoms with van der Waals surface area (Å²) in [6.45, 7) is 10.1. The van der Waals surface area contributed by atoms with Crippen molar-refractivity contribution in [1.29, 1.82) is 0 Å². The smallest absolute Gasteiger partial charge is 0.208 e. The van der Waals surface area contributed by atoms with Gasteiger partial charge in [-0.1, -0.05) is 94.0 Å².